The molecule has 0 saturated carbocycles. The zero-order valence-corrected chi connectivity index (χ0v) is 21.0. The number of rotatable bonds is 9. The molecule has 208 valence electrons. The van der Waals surface area contributed by atoms with Crippen molar-refractivity contribution in [2.45, 2.75) is 44.7 Å². The molecule has 0 aliphatic carbocycles. The number of fused-ring (bicyclic) bond motifs is 3. The van der Waals surface area contributed by atoms with E-state index in [4.69, 9.17) is 14.2 Å². The molecule has 0 N–H and O–H groups in total. The highest BCUT2D eigenvalue weighted by molar-refractivity contribution is 5.64. The molecule has 3 heterocycles. The Bertz CT molecular complexity index is 1300. The van der Waals surface area contributed by atoms with Gasteiger partial charge in [-0.2, -0.15) is 8.78 Å². The fourth-order valence-corrected chi connectivity index (χ4v) is 4.80. The number of ether oxygens (including phenoxy) is 4. The van der Waals surface area contributed by atoms with Gasteiger partial charge in [-0.25, -0.2) is 17.6 Å². The van der Waals surface area contributed by atoms with Crippen molar-refractivity contribution in [3.63, 3.8) is 0 Å². The molecule has 39 heavy (non-hydrogen) atoms. The lowest BCUT2D eigenvalue weighted by molar-refractivity contribution is -0.480. The van der Waals surface area contributed by atoms with Crippen LogP contribution in [0.4, 0.5) is 26.3 Å². The van der Waals surface area contributed by atoms with Crippen molar-refractivity contribution in [1.82, 2.24) is 0 Å². The second-order valence-corrected chi connectivity index (χ2v) is 9.97. The number of alkyl halides is 2. The summed E-state index contributed by atoms with van der Waals surface area (Å²) in [4.78, 5) is 0. The number of halogens is 6. The van der Waals surface area contributed by atoms with Gasteiger partial charge in [0.05, 0.1) is 25.4 Å². The van der Waals surface area contributed by atoms with Gasteiger partial charge in [-0.1, -0.05) is 56.5 Å². The minimum absolute atomic E-state index is 0.152. The summed E-state index contributed by atoms with van der Waals surface area (Å²) in [6, 6.07) is 10.2. The van der Waals surface area contributed by atoms with Crippen LogP contribution >= 0.6 is 0 Å². The van der Waals surface area contributed by atoms with Gasteiger partial charge in [-0.15, -0.1) is 0 Å². The van der Waals surface area contributed by atoms with Gasteiger partial charge < -0.3 is 18.9 Å². The van der Waals surface area contributed by atoms with Crippen molar-refractivity contribution >= 4 is 0 Å². The lowest BCUT2D eigenvalue weighted by Gasteiger charge is -2.52. The number of hydrogen-bond donors (Lipinski definition) is 0. The van der Waals surface area contributed by atoms with E-state index < -0.39 is 46.7 Å². The second-order valence-electron chi connectivity index (χ2n) is 9.97. The maximum Gasteiger partial charge on any atom is 0.429 e. The van der Waals surface area contributed by atoms with Gasteiger partial charge in [0.15, 0.2) is 17.5 Å². The monoisotopic (exact) mass is 552 g/mol. The third kappa shape index (κ3) is 5.37. The molecule has 3 saturated heterocycles. The van der Waals surface area contributed by atoms with Crippen LogP contribution in [0.1, 0.15) is 43.7 Å². The van der Waals surface area contributed by atoms with Crippen molar-refractivity contribution in [2.24, 2.45) is 5.41 Å². The highest BCUT2D eigenvalue weighted by atomic mass is 19.3. The Kier molecular flexibility index (Phi) is 7.39. The smallest absolute Gasteiger partial charge is 0.429 e. The fraction of sp³-hybridized carbons (Fsp3) is 0.379. The van der Waals surface area contributed by atoms with Crippen molar-refractivity contribution in [1.29, 1.82) is 0 Å². The first-order valence-corrected chi connectivity index (χ1v) is 12.6. The van der Waals surface area contributed by atoms with Crippen LogP contribution in [-0.4, -0.2) is 19.8 Å². The second kappa shape index (κ2) is 10.5. The lowest BCUT2D eigenvalue weighted by atomic mass is 9.82. The minimum Gasteiger partial charge on any atom is -0.429 e. The first-order chi connectivity index (χ1) is 18.6. The van der Waals surface area contributed by atoms with Crippen LogP contribution in [0.3, 0.4) is 0 Å². The van der Waals surface area contributed by atoms with E-state index in [1.165, 1.54) is 6.07 Å². The van der Waals surface area contributed by atoms with Crippen molar-refractivity contribution in [3.8, 4) is 16.9 Å². The predicted octanol–water partition coefficient (Wildman–Crippen LogP) is 7.79. The standard InChI is InChI=1S/C29H26F6O4/c1-2-3-4-11-27-15-36-29(37-16-27,38-17-27)20-8-5-18(6-9-20)19-7-10-22(23(30)12-19)28(34,35)39-21-13-24(31)26(33)25(32)14-21/h5-10,12-14H,2-4,11,15-17H2,1H3. The zero-order chi connectivity index (χ0) is 27.8. The van der Waals surface area contributed by atoms with Crippen LogP contribution in [-0.2, 0) is 26.3 Å². The van der Waals surface area contributed by atoms with E-state index in [0.717, 1.165) is 37.8 Å². The molecule has 3 aromatic carbocycles. The topological polar surface area (TPSA) is 36.9 Å². The molecule has 0 radical (unpaired) electrons. The van der Waals surface area contributed by atoms with Gasteiger partial charge in [-0.3, -0.25) is 0 Å². The quantitative estimate of drug-likeness (QED) is 0.154. The Hall–Kier alpha value is -3.08. The van der Waals surface area contributed by atoms with E-state index >= 15 is 0 Å². The Labute approximate surface area is 221 Å². The molecule has 0 spiro atoms. The van der Waals surface area contributed by atoms with Gasteiger partial charge >= 0.3 is 12.1 Å². The summed E-state index contributed by atoms with van der Waals surface area (Å²) >= 11 is 0. The van der Waals surface area contributed by atoms with E-state index in [1.54, 1.807) is 24.3 Å². The van der Waals surface area contributed by atoms with E-state index in [2.05, 4.69) is 11.7 Å². The molecule has 0 unspecified atom stereocenters. The highest BCUT2D eigenvalue weighted by Crippen LogP contribution is 2.46. The maximum absolute atomic E-state index is 14.8. The Morgan fingerprint density at radius 1 is 0.769 bits per heavy atom. The molecule has 4 nitrogen and oxygen atoms in total. The first kappa shape index (κ1) is 27.5. The number of benzene rings is 3. The van der Waals surface area contributed by atoms with Crippen LogP contribution in [0.5, 0.6) is 5.75 Å². The molecular formula is C29H26F6O4. The molecule has 3 aliphatic heterocycles. The summed E-state index contributed by atoms with van der Waals surface area (Å²) in [6.07, 6.45) is -0.00267. The van der Waals surface area contributed by atoms with Gasteiger partial charge in [0.2, 0.25) is 0 Å². The zero-order valence-electron chi connectivity index (χ0n) is 21.0. The molecule has 3 fully saturated rings. The molecule has 0 aromatic heterocycles. The lowest BCUT2D eigenvalue weighted by Crippen LogP contribution is -2.58. The highest BCUT2D eigenvalue weighted by Gasteiger charge is 2.53. The molecule has 0 amide bonds. The van der Waals surface area contributed by atoms with Gasteiger partial charge in [0, 0.05) is 23.1 Å². The van der Waals surface area contributed by atoms with Crippen LogP contribution in [0, 0.1) is 28.7 Å². The normalized spacial score (nSPS) is 22.7. The Morgan fingerprint density at radius 2 is 1.36 bits per heavy atom. The molecule has 0 atom stereocenters. The average molecular weight is 553 g/mol. The third-order valence-electron chi connectivity index (χ3n) is 7.07. The van der Waals surface area contributed by atoms with Crippen molar-refractivity contribution < 1.29 is 45.3 Å². The fourth-order valence-electron chi connectivity index (χ4n) is 4.80. The first-order valence-electron chi connectivity index (χ1n) is 12.6. The molecule has 10 heteroatoms. The molecule has 2 bridgehead atoms. The molecule has 6 rings (SSSR count). The van der Waals surface area contributed by atoms with E-state index in [-0.39, 0.29) is 17.5 Å². The summed E-state index contributed by atoms with van der Waals surface area (Å²) < 4.78 is 106. The largest absolute Gasteiger partial charge is 0.429 e. The van der Waals surface area contributed by atoms with E-state index in [1.807, 2.05) is 0 Å². The summed E-state index contributed by atoms with van der Waals surface area (Å²) in [5.41, 5.74) is 0.117. The van der Waals surface area contributed by atoms with Gasteiger partial charge in [-0.05, 0) is 29.7 Å². The van der Waals surface area contributed by atoms with Gasteiger partial charge in [0.25, 0.3) is 0 Å². The Morgan fingerprint density at radius 3 is 1.92 bits per heavy atom. The van der Waals surface area contributed by atoms with Crippen molar-refractivity contribution in [3.05, 3.63) is 89.0 Å². The number of hydrogen-bond acceptors (Lipinski definition) is 4. The molecule has 3 aliphatic rings. The predicted molar refractivity (Wildman–Crippen MR) is 129 cm³/mol. The summed E-state index contributed by atoms with van der Waals surface area (Å²) in [6.45, 7) is 3.68. The van der Waals surface area contributed by atoms with Crippen LogP contribution in [0.15, 0.2) is 54.6 Å². The van der Waals surface area contributed by atoms with Crippen molar-refractivity contribution in [2.75, 3.05) is 19.8 Å². The van der Waals surface area contributed by atoms with Gasteiger partial charge in [0.1, 0.15) is 11.6 Å². The van der Waals surface area contributed by atoms with Crippen LogP contribution in [0.2, 0.25) is 0 Å². The summed E-state index contributed by atoms with van der Waals surface area (Å²) in [7, 11) is 0. The Balaban J connectivity index is 1.29. The minimum atomic E-state index is -4.29. The van der Waals surface area contributed by atoms with Crippen LogP contribution in [0.25, 0.3) is 11.1 Å². The number of unbranched alkanes of at least 4 members (excludes halogenated alkanes) is 2. The average Bonchev–Trinajstić information content (AvgIpc) is 2.92. The molecule has 3 aromatic rings. The van der Waals surface area contributed by atoms with E-state index in [0.29, 0.717) is 36.5 Å². The van der Waals surface area contributed by atoms with E-state index in [9.17, 15) is 26.3 Å². The molecular weight excluding hydrogens is 526 g/mol. The third-order valence-corrected chi connectivity index (χ3v) is 7.07. The summed E-state index contributed by atoms with van der Waals surface area (Å²) in [5, 5.41) is 0. The maximum atomic E-state index is 14.8. The SMILES string of the molecule is CCCCCC12COC(c3ccc(-c4ccc(C(F)(F)Oc5cc(F)c(F)c(F)c5)c(F)c4)cc3)(OC1)OC2. The van der Waals surface area contributed by atoms with Crippen LogP contribution < -0.4 is 4.74 Å². The summed E-state index contributed by atoms with van der Waals surface area (Å²) in [5.74, 6) is -8.89.